The van der Waals surface area contributed by atoms with Gasteiger partial charge in [0.05, 0.1) is 0 Å². The van der Waals surface area contributed by atoms with Crippen LogP contribution < -0.4 is 5.73 Å². The Morgan fingerprint density at radius 2 is 2.05 bits per heavy atom. The number of amides is 1. The lowest BCUT2D eigenvalue weighted by molar-refractivity contribution is -0.135. The van der Waals surface area contributed by atoms with Crippen molar-refractivity contribution in [1.29, 1.82) is 0 Å². The van der Waals surface area contributed by atoms with Crippen molar-refractivity contribution in [3.63, 3.8) is 0 Å². The topological polar surface area (TPSA) is 46.3 Å². The molecule has 0 spiro atoms. The second-order valence-corrected chi connectivity index (χ2v) is 5.65. The molecule has 1 aromatic rings. The first-order valence-corrected chi connectivity index (χ1v) is 7.13. The maximum absolute atomic E-state index is 12.5. The molecule has 1 aromatic carbocycles. The highest BCUT2D eigenvalue weighted by atomic mass is 35.5. The van der Waals surface area contributed by atoms with Crippen LogP contribution in [0.25, 0.3) is 0 Å². The highest BCUT2D eigenvalue weighted by molar-refractivity contribution is 5.85. The summed E-state index contributed by atoms with van der Waals surface area (Å²) in [5.74, 6) is 0.780. The van der Waals surface area contributed by atoms with Gasteiger partial charge >= 0.3 is 0 Å². The van der Waals surface area contributed by atoms with Gasteiger partial charge in [-0.25, -0.2) is 0 Å². The monoisotopic (exact) mass is 296 g/mol. The van der Waals surface area contributed by atoms with Crippen LogP contribution in [0, 0.1) is 18.8 Å². The molecular formula is C16H25ClN2O. The molecule has 2 atom stereocenters. The third-order valence-corrected chi connectivity index (χ3v) is 4.32. The Balaban J connectivity index is 0.00000200. The summed E-state index contributed by atoms with van der Waals surface area (Å²) in [6.45, 7) is 3.42. The normalized spacial score (nSPS) is 21.4. The van der Waals surface area contributed by atoms with Crippen LogP contribution in [0.3, 0.4) is 0 Å². The molecule has 0 saturated heterocycles. The molecule has 4 heteroatoms. The predicted molar refractivity (Wildman–Crippen MR) is 84.8 cm³/mol. The van der Waals surface area contributed by atoms with E-state index in [1.807, 2.05) is 24.1 Å². The van der Waals surface area contributed by atoms with Gasteiger partial charge in [-0.15, -0.1) is 12.4 Å². The molecule has 0 aliphatic heterocycles. The number of aryl methyl sites for hydroxylation is 1. The van der Waals surface area contributed by atoms with Gasteiger partial charge in [-0.2, -0.15) is 0 Å². The fourth-order valence-corrected chi connectivity index (χ4v) is 3.05. The van der Waals surface area contributed by atoms with E-state index >= 15 is 0 Å². The maximum atomic E-state index is 12.5. The molecule has 2 N–H and O–H groups in total. The summed E-state index contributed by atoms with van der Waals surface area (Å²) in [7, 11) is 1.90. The van der Waals surface area contributed by atoms with E-state index in [1.165, 1.54) is 11.1 Å². The van der Waals surface area contributed by atoms with E-state index in [4.69, 9.17) is 5.73 Å². The molecule has 1 aliphatic rings. The van der Waals surface area contributed by atoms with Gasteiger partial charge in [0.15, 0.2) is 0 Å². The Bertz CT molecular complexity index is 450. The van der Waals surface area contributed by atoms with E-state index < -0.39 is 0 Å². The smallest absolute Gasteiger partial charge is 0.226 e. The third kappa shape index (κ3) is 3.74. The molecule has 0 heterocycles. The molecule has 0 aromatic heterocycles. The van der Waals surface area contributed by atoms with E-state index in [1.54, 1.807) is 0 Å². The largest absolute Gasteiger partial charge is 0.341 e. The van der Waals surface area contributed by atoms with Crippen LogP contribution in [-0.2, 0) is 11.3 Å². The summed E-state index contributed by atoms with van der Waals surface area (Å²) in [6, 6.07) is 8.24. The molecule has 2 rings (SSSR count). The second kappa shape index (κ2) is 7.65. The summed E-state index contributed by atoms with van der Waals surface area (Å²) < 4.78 is 0. The zero-order valence-corrected chi connectivity index (χ0v) is 13.2. The van der Waals surface area contributed by atoms with Crippen molar-refractivity contribution in [2.45, 2.75) is 32.7 Å². The van der Waals surface area contributed by atoms with Crippen molar-refractivity contribution in [2.24, 2.45) is 17.6 Å². The molecule has 0 unspecified atom stereocenters. The van der Waals surface area contributed by atoms with Crippen LogP contribution in [0.15, 0.2) is 24.3 Å². The molecule has 0 radical (unpaired) electrons. The molecular weight excluding hydrogens is 272 g/mol. The number of halogens is 1. The maximum Gasteiger partial charge on any atom is 0.226 e. The van der Waals surface area contributed by atoms with E-state index in [9.17, 15) is 4.79 Å². The Morgan fingerprint density at radius 1 is 1.35 bits per heavy atom. The number of rotatable bonds is 4. The van der Waals surface area contributed by atoms with Gasteiger partial charge in [-0.05, 0) is 43.4 Å². The molecule has 20 heavy (non-hydrogen) atoms. The standard InChI is InChI=1S/C16H24N2O.ClH/c1-12-6-3-4-7-14(12)11-18(2)16(19)15-9-5-8-13(15)10-17;/h3-4,6-7,13,15H,5,8-11,17H2,1-2H3;1H/t13-,15-;/m1./s1. The fourth-order valence-electron chi connectivity index (χ4n) is 3.05. The van der Waals surface area contributed by atoms with Crippen molar-refractivity contribution >= 4 is 18.3 Å². The molecule has 1 amide bonds. The lowest BCUT2D eigenvalue weighted by Gasteiger charge is -2.25. The zero-order valence-electron chi connectivity index (χ0n) is 12.3. The lowest BCUT2D eigenvalue weighted by Crippen LogP contribution is -2.36. The predicted octanol–water partition coefficient (Wildman–Crippen LogP) is 2.75. The summed E-state index contributed by atoms with van der Waals surface area (Å²) in [4.78, 5) is 14.4. The van der Waals surface area contributed by atoms with Crippen LogP contribution in [-0.4, -0.2) is 24.4 Å². The molecule has 0 bridgehead atoms. The van der Waals surface area contributed by atoms with Crippen molar-refractivity contribution in [2.75, 3.05) is 13.6 Å². The van der Waals surface area contributed by atoms with E-state index in [2.05, 4.69) is 19.1 Å². The molecule has 1 fully saturated rings. The van der Waals surface area contributed by atoms with Gasteiger partial charge in [0, 0.05) is 19.5 Å². The van der Waals surface area contributed by atoms with Crippen LogP contribution in [0.2, 0.25) is 0 Å². The first kappa shape index (κ1) is 17.0. The van der Waals surface area contributed by atoms with Gasteiger partial charge in [0.2, 0.25) is 5.91 Å². The average Bonchev–Trinajstić information content (AvgIpc) is 2.88. The number of nitrogens with zero attached hydrogens (tertiary/aromatic N) is 1. The molecule has 1 aliphatic carbocycles. The van der Waals surface area contributed by atoms with Crippen LogP contribution in [0.4, 0.5) is 0 Å². The minimum Gasteiger partial charge on any atom is -0.341 e. The van der Waals surface area contributed by atoms with Crippen molar-refractivity contribution in [1.82, 2.24) is 4.90 Å². The van der Waals surface area contributed by atoms with Gasteiger partial charge in [0.1, 0.15) is 0 Å². The van der Waals surface area contributed by atoms with Crippen molar-refractivity contribution in [3.8, 4) is 0 Å². The first-order chi connectivity index (χ1) is 9.13. The van der Waals surface area contributed by atoms with Gasteiger partial charge in [-0.1, -0.05) is 30.7 Å². The average molecular weight is 297 g/mol. The van der Waals surface area contributed by atoms with Crippen molar-refractivity contribution in [3.05, 3.63) is 35.4 Å². The molecule has 3 nitrogen and oxygen atoms in total. The third-order valence-electron chi connectivity index (χ3n) is 4.32. The Hall–Kier alpha value is -1.06. The van der Waals surface area contributed by atoms with Crippen molar-refractivity contribution < 1.29 is 4.79 Å². The Kier molecular flexibility index (Phi) is 6.50. The first-order valence-electron chi connectivity index (χ1n) is 7.13. The van der Waals surface area contributed by atoms with Gasteiger partial charge < -0.3 is 10.6 Å². The zero-order chi connectivity index (χ0) is 13.8. The second-order valence-electron chi connectivity index (χ2n) is 5.65. The highest BCUT2D eigenvalue weighted by Crippen LogP contribution is 2.32. The van der Waals surface area contributed by atoms with E-state index in [-0.39, 0.29) is 24.2 Å². The van der Waals surface area contributed by atoms with Crippen LogP contribution in [0.5, 0.6) is 0 Å². The minimum atomic E-state index is 0. The van der Waals surface area contributed by atoms with Crippen LogP contribution in [0.1, 0.15) is 30.4 Å². The number of carbonyl (C=O) groups excluding carboxylic acids is 1. The number of hydrogen-bond donors (Lipinski definition) is 1. The quantitative estimate of drug-likeness (QED) is 0.928. The minimum absolute atomic E-state index is 0. The van der Waals surface area contributed by atoms with Gasteiger partial charge in [-0.3, -0.25) is 4.79 Å². The van der Waals surface area contributed by atoms with E-state index in [0.29, 0.717) is 19.0 Å². The highest BCUT2D eigenvalue weighted by Gasteiger charge is 2.33. The van der Waals surface area contributed by atoms with E-state index in [0.717, 1.165) is 19.3 Å². The molecule has 1 saturated carbocycles. The summed E-state index contributed by atoms with van der Waals surface area (Å²) in [5, 5.41) is 0. The number of nitrogens with two attached hydrogens (primary N) is 1. The summed E-state index contributed by atoms with van der Waals surface area (Å²) in [6.07, 6.45) is 3.24. The Morgan fingerprint density at radius 3 is 2.70 bits per heavy atom. The number of benzene rings is 1. The lowest BCUT2D eigenvalue weighted by atomic mass is 9.94. The molecule has 112 valence electrons. The number of hydrogen-bond acceptors (Lipinski definition) is 2. The fraction of sp³-hybridized carbons (Fsp3) is 0.562. The summed E-state index contributed by atoms with van der Waals surface area (Å²) in [5.41, 5.74) is 8.23. The van der Waals surface area contributed by atoms with Crippen LogP contribution >= 0.6 is 12.4 Å². The van der Waals surface area contributed by atoms with Gasteiger partial charge in [0.25, 0.3) is 0 Å². The Labute approximate surface area is 127 Å². The number of carbonyl (C=O) groups is 1. The SMILES string of the molecule is Cc1ccccc1CN(C)C(=O)[C@@H]1CCC[C@@H]1CN.Cl. The summed E-state index contributed by atoms with van der Waals surface area (Å²) >= 11 is 0.